The first-order valence-electron chi connectivity index (χ1n) is 10.1. The maximum absolute atomic E-state index is 13.3. The van der Waals surface area contributed by atoms with Crippen molar-refractivity contribution in [1.29, 1.82) is 0 Å². The molecular formula is C20H28N2O3S. The number of hydrogen-bond acceptors (Lipinski definition) is 4. The molecule has 3 fully saturated rings. The fourth-order valence-corrected chi connectivity index (χ4v) is 7.04. The van der Waals surface area contributed by atoms with E-state index in [1.54, 1.807) is 10.4 Å². The number of nitrogens with one attached hydrogen (secondary N) is 1. The summed E-state index contributed by atoms with van der Waals surface area (Å²) in [6.07, 6.45) is 7.22. The molecule has 0 amide bonds. The molecule has 0 bridgehead atoms. The fraction of sp³-hybridized carbons (Fsp3) is 0.700. The second-order valence-electron chi connectivity index (χ2n) is 8.41. The predicted molar refractivity (Wildman–Crippen MR) is 99.9 cm³/mol. The average Bonchev–Trinajstić information content (AvgIpc) is 3.05. The van der Waals surface area contributed by atoms with Crippen molar-refractivity contribution in [2.45, 2.75) is 55.4 Å². The Kier molecular flexibility index (Phi) is 4.25. The molecule has 1 N–H and O–H groups in total. The summed E-state index contributed by atoms with van der Waals surface area (Å²) in [6.45, 7) is 3.19. The van der Waals surface area contributed by atoms with E-state index in [1.807, 2.05) is 12.1 Å². The molecule has 4 atom stereocenters. The van der Waals surface area contributed by atoms with Crippen molar-refractivity contribution >= 4 is 10.0 Å². The second-order valence-corrected chi connectivity index (χ2v) is 10.3. The van der Waals surface area contributed by atoms with Gasteiger partial charge in [-0.05, 0) is 55.8 Å². The van der Waals surface area contributed by atoms with Gasteiger partial charge in [-0.2, -0.15) is 4.31 Å². The highest BCUT2D eigenvalue weighted by atomic mass is 32.2. The maximum atomic E-state index is 13.3. The van der Waals surface area contributed by atoms with Gasteiger partial charge in [-0.3, -0.25) is 0 Å². The zero-order valence-corrected chi connectivity index (χ0v) is 16.0. The number of nitrogens with zero attached hydrogens (tertiary/aromatic N) is 1. The third-order valence-corrected chi connectivity index (χ3v) is 8.84. The van der Waals surface area contributed by atoms with Gasteiger partial charge in [-0.1, -0.05) is 19.3 Å². The van der Waals surface area contributed by atoms with Crippen LogP contribution < -0.4 is 10.1 Å². The van der Waals surface area contributed by atoms with E-state index in [2.05, 4.69) is 5.32 Å². The summed E-state index contributed by atoms with van der Waals surface area (Å²) in [7, 11) is -3.41. The molecule has 1 saturated carbocycles. The summed E-state index contributed by atoms with van der Waals surface area (Å²) in [5.41, 5.74) is 1.09. The van der Waals surface area contributed by atoms with E-state index < -0.39 is 10.0 Å². The third-order valence-electron chi connectivity index (χ3n) is 6.98. The highest BCUT2D eigenvalue weighted by Crippen LogP contribution is 2.43. The standard InChI is InChI=1S/C20H28N2O3S/c23-26(24,22-10-8-14-3-1-2-4-15(14)13-22)16-5-6-19-18(11-16)17-7-9-21-12-20(17)25-19/h5-6,11,14-15,17,20-21H,1-4,7-10,12-13H2. The van der Waals surface area contributed by atoms with Crippen LogP contribution in [0.1, 0.15) is 50.0 Å². The van der Waals surface area contributed by atoms with Gasteiger partial charge >= 0.3 is 0 Å². The van der Waals surface area contributed by atoms with Crippen LogP contribution in [0.3, 0.4) is 0 Å². The molecule has 3 aliphatic heterocycles. The number of piperidine rings is 2. The predicted octanol–water partition coefficient (Wildman–Crippen LogP) is 2.73. The highest BCUT2D eigenvalue weighted by Gasteiger charge is 2.39. The summed E-state index contributed by atoms with van der Waals surface area (Å²) in [5, 5.41) is 3.36. The van der Waals surface area contributed by atoms with E-state index in [4.69, 9.17) is 4.74 Å². The van der Waals surface area contributed by atoms with E-state index in [0.717, 1.165) is 43.2 Å². The van der Waals surface area contributed by atoms with Gasteiger partial charge in [0.2, 0.25) is 10.0 Å². The molecule has 0 spiro atoms. The Labute approximate surface area is 156 Å². The van der Waals surface area contributed by atoms with Crippen LogP contribution in [-0.2, 0) is 10.0 Å². The SMILES string of the molecule is O=S(=O)(c1ccc2c(c1)C1CCNCC1O2)N1CCC2CCCCC2C1. The van der Waals surface area contributed by atoms with Crippen LogP contribution in [0.5, 0.6) is 5.75 Å². The number of ether oxygens (including phenoxy) is 1. The molecule has 142 valence electrons. The lowest BCUT2D eigenvalue weighted by molar-refractivity contribution is 0.136. The van der Waals surface area contributed by atoms with Crippen LogP contribution in [-0.4, -0.2) is 45.0 Å². The lowest BCUT2D eigenvalue weighted by Gasteiger charge is -2.40. The molecule has 5 nitrogen and oxygen atoms in total. The van der Waals surface area contributed by atoms with Gasteiger partial charge < -0.3 is 10.1 Å². The molecule has 4 aliphatic rings. The monoisotopic (exact) mass is 376 g/mol. The molecule has 0 radical (unpaired) electrons. The van der Waals surface area contributed by atoms with Crippen LogP contribution >= 0.6 is 0 Å². The molecule has 2 saturated heterocycles. The summed E-state index contributed by atoms with van der Waals surface area (Å²) in [6, 6.07) is 5.51. The first-order valence-corrected chi connectivity index (χ1v) is 11.6. The van der Waals surface area contributed by atoms with Gasteiger partial charge in [0.1, 0.15) is 11.9 Å². The van der Waals surface area contributed by atoms with Gasteiger partial charge in [0.25, 0.3) is 0 Å². The largest absolute Gasteiger partial charge is 0.488 e. The van der Waals surface area contributed by atoms with E-state index in [-0.39, 0.29) is 6.10 Å². The molecule has 5 rings (SSSR count). The maximum Gasteiger partial charge on any atom is 0.243 e. The Morgan fingerprint density at radius 1 is 1.08 bits per heavy atom. The summed E-state index contributed by atoms with van der Waals surface area (Å²) in [4.78, 5) is 0.452. The summed E-state index contributed by atoms with van der Waals surface area (Å²) >= 11 is 0. The van der Waals surface area contributed by atoms with Crippen molar-refractivity contribution in [3.8, 4) is 5.75 Å². The summed E-state index contributed by atoms with van der Waals surface area (Å²) in [5.74, 6) is 2.48. The first-order chi connectivity index (χ1) is 12.6. The van der Waals surface area contributed by atoms with Crippen LogP contribution in [0.4, 0.5) is 0 Å². The van der Waals surface area contributed by atoms with Crippen molar-refractivity contribution in [3.05, 3.63) is 23.8 Å². The third kappa shape index (κ3) is 2.77. The van der Waals surface area contributed by atoms with E-state index in [1.165, 1.54) is 25.7 Å². The normalized spacial score (nSPS) is 34.5. The molecule has 1 aliphatic carbocycles. The van der Waals surface area contributed by atoms with Gasteiger partial charge in [0, 0.05) is 31.1 Å². The molecular weight excluding hydrogens is 348 g/mol. The molecule has 4 unspecified atom stereocenters. The van der Waals surface area contributed by atoms with Crippen molar-refractivity contribution in [1.82, 2.24) is 9.62 Å². The number of hydrogen-bond donors (Lipinski definition) is 1. The lowest BCUT2D eigenvalue weighted by Crippen LogP contribution is -2.44. The smallest absolute Gasteiger partial charge is 0.243 e. The van der Waals surface area contributed by atoms with Crippen molar-refractivity contribution in [3.63, 3.8) is 0 Å². The van der Waals surface area contributed by atoms with E-state index in [0.29, 0.717) is 29.8 Å². The van der Waals surface area contributed by atoms with Gasteiger partial charge in [0.15, 0.2) is 0 Å². The molecule has 6 heteroatoms. The Morgan fingerprint density at radius 2 is 1.92 bits per heavy atom. The minimum Gasteiger partial charge on any atom is -0.488 e. The van der Waals surface area contributed by atoms with Crippen LogP contribution in [0.25, 0.3) is 0 Å². The number of rotatable bonds is 2. The van der Waals surface area contributed by atoms with E-state index in [9.17, 15) is 8.42 Å². The van der Waals surface area contributed by atoms with Crippen molar-refractivity contribution in [2.24, 2.45) is 11.8 Å². The minimum absolute atomic E-state index is 0.148. The van der Waals surface area contributed by atoms with Gasteiger partial charge in [0.05, 0.1) is 4.90 Å². The number of benzene rings is 1. The lowest BCUT2D eigenvalue weighted by atomic mass is 9.76. The Morgan fingerprint density at radius 3 is 2.81 bits per heavy atom. The molecule has 0 aromatic heterocycles. The minimum atomic E-state index is -3.41. The Bertz CT molecular complexity index is 794. The van der Waals surface area contributed by atoms with Gasteiger partial charge in [-0.15, -0.1) is 0 Å². The highest BCUT2D eigenvalue weighted by molar-refractivity contribution is 7.89. The average molecular weight is 377 g/mol. The zero-order chi connectivity index (χ0) is 17.7. The number of sulfonamides is 1. The topological polar surface area (TPSA) is 58.6 Å². The number of fused-ring (bicyclic) bond motifs is 4. The van der Waals surface area contributed by atoms with Crippen LogP contribution in [0.15, 0.2) is 23.1 Å². The van der Waals surface area contributed by atoms with Crippen LogP contribution in [0.2, 0.25) is 0 Å². The zero-order valence-electron chi connectivity index (χ0n) is 15.2. The molecule has 1 aromatic carbocycles. The van der Waals surface area contributed by atoms with E-state index >= 15 is 0 Å². The quantitative estimate of drug-likeness (QED) is 0.862. The van der Waals surface area contributed by atoms with Gasteiger partial charge in [-0.25, -0.2) is 8.42 Å². The van der Waals surface area contributed by atoms with Crippen molar-refractivity contribution < 1.29 is 13.2 Å². The Hall–Kier alpha value is -1.11. The summed E-state index contributed by atoms with van der Waals surface area (Å²) < 4.78 is 34.4. The van der Waals surface area contributed by atoms with Crippen LogP contribution in [0, 0.1) is 11.8 Å². The fourth-order valence-electron chi connectivity index (χ4n) is 5.49. The van der Waals surface area contributed by atoms with Crippen molar-refractivity contribution in [2.75, 3.05) is 26.2 Å². The Balaban J connectivity index is 1.41. The molecule has 26 heavy (non-hydrogen) atoms. The first kappa shape index (κ1) is 17.0. The molecule has 1 aromatic rings. The second kappa shape index (κ2) is 6.50. The molecule has 3 heterocycles.